The van der Waals surface area contributed by atoms with Crippen LogP contribution in [-0.2, 0) is 11.2 Å². The highest BCUT2D eigenvalue weighted by atomic mass is 32.2. The van der Waals surface area contributed by atoms with E-state index in [0.717, 1.165) is 10.1 Å². The third kappa shape index (κ3) is 3.93. The molecule has 1 N–H and O–H groups in total. The van der Waals surface area contributed by atoms with E-state index in [-0.39, 0.29) is 6.42 Å². The molecule has 0 aromatic carbocycles. The molecule has 0 radical (unpaired) electrons. The molecule has 1 heterocycles. The molecular formula is C9H11NO2S2. The molecule has 0 saturated heterocycles. The molecule has 0 atom stereocenters. The average Bonchev–Trinajstić information content (AvgIpc) is 2.52. The molecular weight excluding hydrogens is 218 g/mol. The van der Waals surface area contributed by atoms with E-state index in [0.29, 0.717) is 5.69 Å². The third-order valence-electron chi connectivity index (χ3n) is 1.40. The van der Waals surface area contributed by atoms with Crippen LogP contribution in [0.5, 0.6) is 0 Å². The van der Waals surface area contributed by atoms with Crippen LogP contribution in [0.15, 0.2) is 21.9 Å². The van der Waals surface area contributed by atoms with Gasteiger partial charge in [-0.15, -0.1) is 11.3 Å². The summed E-state index contributed by atoms with van der Waals surface area (Å²) in [5, 5.41) is 10.3. The molecule has 3 nitrogen and oxygen atoms in total. The topological polar surface area (TPSA) is 50.2 Å². The van der Waals surface area contributed by atoms with Crippen LogP contribution in [0.3, 0.4) is 0 Å². The highest BCUT2D eigenvalue weighted by molar-refractivity contribution is 8.01. The van der Waals surface area contributed by atoms with Crippen molar-refractivity contribution in [1.29, 1.82) is 0 Å². The predicted molar refractivity (Wildman–Crippen MR) is 59.0 cm³/mol. The van der Waals surface area contributed by atoms with E-state index in [1.165, 1.54) is 11.3 Å². The van der Waals surface area contributed by atoms with Gasteiger partial charge in [0.1, 0.15) is 4.34 Å². The van der Waals surface area contributed by atoms with Crippen molar-refractivity contribution in [3.05, 3.63) is 23.2 Å². The summed E-state index contributed by atoms with van der Waals surface area (Å²) in [5.74, 6) is 0.0524. The Labute approximate surface area is 90.9 Å². The molecule has 14 heavy (non-hydrogen) atoms. The first-order valence-electron chi connectivity index (χ1n) is 4.12. The van der Waals surface area contributed by atoms with E-state index >= 15 is 0 Å². The molecule has 0 amide bonds. The van der Waals surface area contributed by atoms with Crippen LogP contribution in [0, 0.1) is 0 Å². The van der Waals surface area contributed by atoms with E-state index < -0.39 is 5.97 Å². The van der Waals surface area contributed by atoms with Crippen molar-refractivity contribution >= 4 is 29.1 Å². The summed E-state index contributed by atoms with van der Waals surface area (Å²) in [6.07, 6.45) is 4.04. The van der Waals surface area contributed by atoms with Gasteiger partial charge in [-0.1, -0.05) is 23.9 Å². The summed E-state index contributed by atoms with van der Waals surface area (Å²) in [4.78, 5) is 14.6. The lowest BCUT2D eigenvalue weighted by Gasteiger charge is -1.90. The summed E-state index contributed by atoms with van der Waals surface area (Å²) >= 11 is 3.12. The second-order valence-electron chi connectivity index (χ2n) is 2.56. The Morgan fingerprint density at radius 3 is 3.21 bits per heavy atom. The van der Waals surface area contributed by atoms with Gasteiger partial charge in [-0.25, -0.2) is 4.98 Å². The highest BCUT2D eigenvalue weighted by Crippen LogP contribution is 2.22. The highest BCUT2D eigenvalue weighted by Gasteiger charge is 2.05. The van der Waals surface area contributed by atoms with Crippen molar-refractivity contribution in [2.75, 3.05) is 5.75 Å². The minimum absolute atomic E-state index is 0.0146. The maximum absolute atomic E-state index is 10.4. The van der Waals surface area contributed by atoms with Gasteiger partial charge >= 0.3 is 5.97 Å². The van der Waals surface area contributed by atoms with Gasteiger partial charge in [-0.2, -0.15) is 0 Å². The average molecular weight is 229 g/mol. The van der Waals surface area contributed by atoms with E-state index in [4.69, 9.17) is 5.11 Å². The van der Waals surface area contributed by atoms with Gasteiger partial charge in [0, 0.05) is 11.1 Å². The zero-order valence-electron chi connectivity index (χ0n) is 7.77. The fourth-order valence-electron chi connectivity index (χ4n) is 0.806. The Morgan fingerprint density at radius 1 is 1.79 bits per heavy atom. The van der Waals surface area contributed by atoms with Gasteiger partial charge in [0.05, 0.1) is 12.1 Å². The van der Waals surface area contributed by atoms with Gasteiger partial charge in [0.2, 0.25) is 0 Å². The smallest absolute Gasteiger partial charge is 0.309 e. The first-order chi connectivity index (χ1) is 6.72. The Hall–Kier alpha value is -0.810. The molecule has 5 heteroatoms. The monoisotopic (exact) mass is 229 g/mol. The van der Waals surface area contributed by atoms with Crippen LogP contribution in [-0.4, -0.2) is 21.8 Å². The Kier molecular flexibility index (Phi) is 4.69. The molecule has 1 aromatic heterocycles. The maximum Gasteiger partial charge on any atom is 0.309 e. The first-order valence-corrected chi connectivity index (χ1v) is 5.99. The van der Waals surface area contributed by atoms with E-state index in [2.05, 4.69) is 4.98 Å². The molecule has 1 aromatic rings. The van der Waals surface area contributed by atoms with Gasteiger partial charge < -0.3 is 5.11 Å². The number of carboxylic acids is 1. The molecule has 1 rings (SSSR count). The second-order valence-corrected chi connectivity index (χ2v) is 4.68. The van der Waals surface area contributed by atoms with Gasteiger partial charge in [-0.05, 0) is 6.92 Å². The summed E-state index contributed by atoms with van der Waals surface area (Å²) in [7, 11) is 0. The lowest BCUT2D eigenvalue weighted by Crippen LogP contribution is -1.99. The van der Waals surface area contributed by atoms with Crippen LogP contribution in [0.4, 0.5) is 0 Å². The minimum atomic E-state index is -0.833. The molecule has 0 aliphatic rings. The summed E-state index contributed by atoms with van der Waals surface area (Å²) in [6.45, 7) is 1.97. The van der Waals surface area contributed by atoms with E-state index in [1.54, 1.807) is 17.1 Å². The Balaban J connectivity index is 2.46. The third-order valence-corrected chi connectivity index (χ3v) is 3.42. The number of rotatable bonds is 5. The largest absolute Gasteiger partial charge is 0.481 e. The fourth-order valence-corrected chi connectivity index (χ4v) is 2.58. The van der Waals surface area contributed by atoms with Crippen molar-refractivity contribution in [1.82, 2.24) is 4.98 Å². The molecule has 0 unspecified atom stereocenters. The van der Waals surface area contributed by atoms with Crippen molar-refractivity contribution < 1.29 is 9.90 Å². The predicted octanol–water partition coefficient (Wildman–Crippen LogP) is 2.44. The number of hydrogen-bond acceptors (Lipinski definition) is 4. The maximum atomic E-state index is 10.4. The van der Waals surface area contributed by atoms with E-state index in [9.17, 15) is 4.79 Å². The summed E-state index contributed by atoms with van der Waals surface area (Å²) in [5.41, 5.74) is 0.644. The van der Waals surface area contributed by atoms with Crippen molar-refractivity contribution in [3.63, 3.8) is 0 Å². The van der Waals surface area contributed by atoms with Crippen molar-refractivity contribution in [3.8, 4) is 0 Å². The van der Waals surface area contributed by atoms with Gasteiger partial charge in [-0.3, -0.25) is 4.79 Å². The zero-order chi connectivity index (χ0) is 10.4. The molecule has 0 fully saturated rings. The number of thioether (sulfide) groups is 1. The number of nitrogens with zero attached hydrogens (tertiary/aromatic N) is 1. The number of aromatic nitrogens is 1. The normalized spacial score (nSPS) is 10.9. The Morgan fingerprint density at radius 2 is 2.57 bits per heavy atom. The molecule has 0 aliphatic carbocycles. The standard InChI is InChI=1S/C9H11NO2S2/c1-2-3-4-13-9-10-7(6-14-9)5-8(11)12/h2-3,6H,4-5H2,1H3,(H,11,12). The van der Waals surface area contributed by atoms with E-state index in [1.807, 2.05) is 19.1 Å². The van der Waals surface area contributed by atoms with Gasteiger partial charge in [0.25, 0.3) is 0 Å². The minimum Gasteiger partial charge on any atom is -0.481 e. The molecule has 0 bridgehead atoms. The second kappa shape index (κ2) is 5.82. The van der Waals surface area contributed by atoms with Crippen molar-refractivity contribution in [2.24, 2.45) is 0 Å². The molecule has 0 saturated carbocycles. The molecule has 0 spiro atoms. The lowest BCUT2D eigenvalue weighted by molar-refractivity contribution is -0.136. The number of thiazole rings is 1. The zero-order valence-corrected chi connectivity index (χ0v) is 9.40. The van der Waals surface area contributed by atoms with Crippen LogP contribution in [0.1, 0.15) is 12.6 Å². The quantitative estimate of drug-likeness (QED) is 0.622. The van der Waals surface area contributed by atoms with Crippen LogP contribution in [0.25, 0.3) is 0 Å². The number of carboxylic acid groups (broad SMARTS) is 1. The lowest BCUT2D eigenvalue weighted by atomic mass is 10.3. The van der Waals surface area contributed by atoms with Crippen LogP contribution in [0.2, 0.25) is 0 Å². The SMILES string of the molecule is CC=CCSc1nc(CC(=O)O)cs1. The van der Waals surface area contributed by atoms with Crippen molar-refractivity contribution in [2.45, 2.75) is 17.7 Å². The van der Waals surface area contributed by atoms with Crippen LogP contribution < -0.4 is 0 Å². The number of hydrogen-bond donors (Lipinski definition) is 1. The number of carbonyl (C=O) groups is 1. The first kappa shape index (κ1) is 11.3. The fraction of sp³-hybridized carbons (Fsp3) is 0.333. The molecule has 76 valence electrons. The van der Waals surface area contributed by atoms with Gasteiger partial charge in [0.15, 0.2) is 0 Å². The Bertz CT molecular complexity index is 333. The number of allylic oxidation sites excluding steroid dienone is 1. The molecule has 0 aliphatic heterocycles. The van der Waals surface area contributed by atoms with Crippen LogP contribution >= 0.6 is 23.1 Å². The number of aliphatic carboxylic acids is 1. The summed E-state index contributed by atoms with van der Waals surface area (Å²) < 4.78 is 0.930. The summed E-state index contributed by atoms with van der Waals surface area (Å²) in [6, 6.07) is 0.